The average molecular weight is 335 g/mol. The van der Waals surface area contributed by atoms with Gasteiger partial charge < -0.3 is 11.1 Å². The second kappa shape index (κ2) is 6.71. The smallest absolute Gasteiger partial charge is 0.254 e. The lowest BCUT2D eigenvalue weighted by Crippen LogP contribution is -2.24. The summed E-state index contributed by atoms with van der Waals surface area (Å²) in [7, 11) is 0. The molecule has 0 saturated heterocycles. The predicted molar refractivity (Wildman–Crippen MR) is 92.6 cm³/mol. The number of halogens is 1. The number of amides is 1. The molecule has 3 nitrogen and oxygen atoms in total. The molecule has 1 heterocycles. The third-order valence-corrected chi connectivity index (χ3v) is 5.41. The zero-order chi connectivity index (χ0) is 15.5. The molecule has 5 heteroatoms. The van der Waals surface area contributed by atoms with Crippen molar-refractivity contribution in [3.8, 4) is 0 Å². The van der Waals surface area contributed by atoms with Gasteiger partial charge in [-0.25, -0.2) is 0 Å². The number of anilines is 1. The van der Waals surface area contributed by atoms with Crippen molar-refractivity contribution in [3.63, 3.8) is 0 Å². The molecule has 1 aliphatic rings. The van der Waals surface area contributed by atoms with Gasteiger partial charge in [0, 0.05) is 16.4 Å². The van der Waals surface area contributed by atoms with E-state index in [9.17, 15) is 4.79 Å². The standard InChI is InChI=1S/C17H19ClN2OS/c18-12-8-6-11(7-9-12)10-20-17(21)15-13-4-2-1-3-5-14(13)22-16(15)19/h6-9H,1-5,10,19H2,(H,20,21). The SMILES string of the molecule is Nc1sc2c(c1C(=O)NCc1ccc(Cl)cc1)CCCCC2. The van der Waals surface area contributed by atoms with Crippen LogP contribution in [0.5, 0.6) is 0 Å². The summed E-state index contributed by atoms with van der Waals surface area (Å²) in [6.07, 6.45) is 5.58. The highest BCUT2D eigenvalue weighted by Gasteiger charge is 2.22. The molecule has 0 unspecified atom stereocenters. The van der Waals surface area contributed by atoms with E-state index in [0.29, 0.717) is 22.1 Å². The number of thiophene rings is 1. The first-order valence-corrected chi connectivity index (χ1v) is 8.77. The first-order chi connectivity index (χ1) is 10.6. The van der Waals surface area contributed by atoms with E-state index < -0.39 is 0 Å². The second-order valence-electron chi connectivity index (χ2n) is 5.61. The fourth-order valence-electron chi connectivity index (χ4n) is 2.89. The van der Waals surface area contributed by atoms with E-state index >= 15 is 0 Å². The fourth-order valence-corrected chi connectivity index (χ4v) is 4.17. The molecular weight excluding hydrogens is 316 g/mol. The Morgan fingerprint density at radius 2 is 1.91 bits per heavy atom. The van der Waals surface area contributed by atoms with Crippen LogP contribution in [0.2, 0.25) is 5.02 Å². The van der Waals surface area contributed by atoms with Gasteiger partial charge in [0.2, 0.25) is 0 Å². The molecule has 1 aromatic heterocycles. The van der Waals surface area contributed by atoms with Gasteiger partial charge >= 0.3 is 0 Å². The first-order valence-electron chi connectivity index (χ1n) is 7.58. The lowest BCUT2D eigenvalue weighted by Gasteiger charge is -2.08. The van der Waals surface area contributed by atoms with Crippen molar-refractivity contribution in [1.29, 1.82) is 0 Å². The molecule has 0 spiro atoms. The number of benzene rings is 1. The Morgan fingerprint density at radius 3 is 2.68 bits per heavy atom. The van der Waals surface area contributed by atoms with Crippen LogP contribution in [0.1, 0.15) is 45.6 Å². The van der Waals surface area contributed by atoms with Gasteiger partial charge in [-0.3, -0.25) is 4.79 Å². The highest BCUT2D eigenvalue weighted by atomic mass is 35.5. The number of nitrogen functional groups attached to an aromatic ring is 1. The molecule has 1 aliphatic carbocycles. The second-order valence-corrected chi connectivity index (χ2v) is 7.19. The number of rotatable bonds is 3. The van der Waals surface area contributed by atoms with Gasteiger partial charge in [0.05, 0.1) is 10.6 Å². The van der Waals surface area contributed by atoms with Crippen molar-refractivity contribution < 1.29 is 4.79 Å². The van der Waals surface area contributed by atoms with E-state index in [2.05, 4.69) is 5.32 Å². The summed E-state index contributed by atoms with van der Waals surface area (Å²) in [5, 5.41) is 4.33. The van der Waals surface area contributed by atoms with Crippen molar-refractivity contribution in [2.24, 2.45) is 0 Å². The summed E-state index contributed by atoms with van der Waals surface area (Å²) < 4.78 is 0. The molecule has 1 aromatic carbocycles. The Morgan fingerprint density at radius 1 is 1.18 bits per heavy atom. The molecule has 0 atom stereocenters. The molecule has 3 rings (SSSR count). The Labute approximate surface area is 139 Å². The van der Waals surface area contributed by atoms with Crippen LogP contribution in [0.3, 0.4) is 0 Å². The molecule has 3 N–H and O–H groups in total. The summed E-state index contributed by atoms with van der Waals surface area (Å²) in [6.45, 7) is 0.486. The number of nitrogens with two attached hydrogens (primary N) is 1. The quantitative estimate of drug-likeness (QED) is 0.827. The number of nitrogens with one attached hydrogen (secondary N) is 1. The van der Waals surface area contributed by atoms with E-state index in [1.54, 1.807) is 11.3 Å². The van der Waals surface area contributed by atoms with Crippen LogP contribution in [0.4, 0.5) is 5.00 Å². The Hall–Kier alpha value is -1.52. The maximum Gasteiger partial charge on any atom is 0.254 e. The number of carbonyl (C=O) groups excluding carboxylic acids is 1. The van der Waals surface area contributed by atoms with Crippen molar-refractivity contribution in [2.45, 2.75) is 38.6 Å². The summed E-state index contributed by atoms with van der Waals surface area (Å²) in [4.78, 5) is 13.8. The molecule has 0 aliphatic heterocycles. The first kappa shape index (κ1) is 15.4. The number of aryl methyl sites for hydroxylation is 1. The third-order valence-electron chi connectivity index (χ3n) is 4.04. The molecule has 1 amide bonds. The lowest BCUT2D eigenvalue weighted by molar-refractivity contribution is 0.0951. The predicted octanol–water partition coefficient (Wildman–Crippen LogP) is 4.18. The molecule has 22 heavy (non-hydrogen) atoms. The van der Waals surface area contributed by atoms with Crippen LogP contribution in [-0.4, -0.2) is 5.91 Å². The van der Waals surface area contributed by atoms with Crippen molar-refractivity contribution in [1.82, 2.24) is 5.32 Å². The Kier molecular flexibility index (Phi) is 4.69. The van der Waals surface area contributed by atoms with Crippen LogP contribution in [0.25, 0.3) is 0 Å². The van der Waals surface area contributed by atoms with E-state index in [1.165, 1.54) is 23.3 Å². The van der Waals surface area contributed by atoms with Crippen molar-refractivity contribution >= 4 is 33.8 Å². The number of hydrogen-bond donors (Lipinski definition) is 2. The largest absolute Gasteiger partial charge is 0.390 e. The monoisotopic (exact) mass is 334 g/mol. The Balaban J connectivity index is 1.75. The topological polar surface area (TPSA) is 55.1 Å². The average Bonchev–Trinajstić information content (AvgIpc) is 2.67. The van der Waals surface area contributed by atoms with Gasteiger partial charge in [0.1, 0.15) is 0 Å². The van der Waals surface area contributed by atoms with Crippen molar-refractivity contribution in [3.05, 3.63) is 50.9 Å². The van der Waals surface area contributed by atoms with E-state index in [0.717, 1.165) is 24.8 Å². The highest BCUT2D eigenvalue weighted by molar-refractivity contribution is 7.16. The summed E-state index contributed by atoms with van der Waals surface area (Å²) in [5.41, 5.74) is 9.01. The maximum absolute atomic E-state index is 12.5. The summed E-state index contributed by atoms with van der Waals surface area (Å²) in [5.74, 6) is -0.0631. The van der Waals surface area contributed by atoms with Crippen LogP contribution in [0, 0.1) is 0 Å². The fraction of sp³-hybridized carbons (Fsp3) is 0.353. The number of carbonyl (C=O) groups is 1. The van der Waals surface area contributed by atoms with Crippen LogP contribution >= 0.6 is 22.9 Å². The third kappa shape index (κ3) is 3.28. The summed E-state index contributed by atoms with van der Waals surface area (Å²) in [6, 6.07) is 7.49. The van der Waals surface area contributed by atoms with Gasteiger partial charge in [-0.15, -0.1) is 11.3 Å². The molecule has 0 bridgehead atoms. The van der Waals surface area contributed by atoms with Gasteiger partial charge in [0.25, 0.3) is 5.91 Å². The van der Waals surface area contributed by atoms with Crippen LogP contribution < -0.4 is 11.1 Å². The zero-order valence-electron chi connectivity index (χ0n) is 12.3. The minimum atomic E-state index is -0.0631. The van der Waals surface area contributed by atoms with E-state index in [4.69, 9.17) is 17.3 Å². The summed E-state index contributed by atoms with van der Waals surface area (Å²) >= 11 is 7.45. The molecule has 0 fully saturated rings. The highest BCUT2D eigenvalue weighted by Crippen LogP contribution is 2.35. The lowest BCUT2D eigenvalue weighted by atomic mass is 10.0. The van der Waals surface area contributed by atoms with Gasteiger partial charge in [-0.2, -0.15) is 0 Å². The van der Waals surface area contributed by atoms with Gasteiger partial charge in [-0.05, 0) is 48.9 Å². The van der Waals surface area contributed by atoms with E-state index in [-0.39, 0.29) is 5.91 Å². The molecule has 0 saturated carbocycles. The number of hydrogen-bond acceptors (Lipinski definition) is 3. The van der Waals surface area contributed by atoms with Crippen LogP contribution in [-0.2, 0) is 19.4 Å². The molecular formula is C17H19ClN2OS. The minimum Gasteiger partial charge on any atom is -0.390 e. The van der Waals surface area contributed by atoms with Crippen LogP contribution in [0.15, 0.2) is 24.3 Å². The Bertz CT molecular complexity index is 679. The minimum absolute atomic E-state index is 0.0631. The normalized spacial score (nSPS) is 14.2. The van der Waals surface area contributed by atoms with Gasteiger partial charge in [0.15, 0.2) is 0 Å². The van der Waals surface area contributed by atoms with Crippen molar-refractivity contribution in [2.75, 3.05) is 5.73 Å². The van der Waals surface area contributed by atoms with E-state index in [1.807, 2.05) is 24.3 Å². The molecule has 0 radical (unpaired) electrons. The molecule has 116 valence electrons. The number of fused-ring (bicyclic) bond motifs is 1. The van der Waals surface area contributed by atoms with Gasteiger partial charge in [-0.1, -0.05) is 30.2 Å². The zero-order valence-corrected chi connectivity index (χ0v) is 13.9. The molecule has 2 aromatic rings. The maximum atomic E-state index is 12.5.